The molecule has 4 heteroatoms. The van der Waals surface area contributed by atoms with E-state index in [1.54, 1.807) is 11.8 Å². The normalized spacial score (nSPS) is 16.4. The highest BCUT2D eigenvalue weighted by atomic mass is 32.2. The van der Waals surface area contributed by atoms with Gasteiger partial charge < -0.3 is 0 Å². The fourth-order valence-corrected chi connectivity index (χ4v) is 6.82. The van der Waals surface area contributed by atoms with E-state index >= 15 is 0 Å². The largest absolute Gasteiger partial charge is 0.268 e. The van der Waals surface area contributed by atoms with Crippen molar-refractivity contribution in [1.29, 1.82) is 0 Å². The van der Waals surface area contributed by atoms with Crippen LogP contribution in [0.1, 0.15) is 75.0 Å². The zero-order valence-corrected chi connectivity index (χ0v) is 20.7. The van der Waals surface area contributed by atoms with Crippen LogP contribution in [0.4, 0.5) is 0 Å². The highest BCUT2D eigenvalue weighted by molar-refractivity contribution is 7.99. The van der Waals surface area contributed by atoms with Crippen LogP contribution < -0.4 is 5.56 Å². The van der Waals surface area contributed by atoms with Crippen molar-refractivity contribution in [2.45, 2.75) is 82.2 Å². The molecule has 0 unspecified atom stereocenters. The molecule has 3 aromatic rings. The van der Waals surface area contributed by atoms with Crippen molar-refractivity contribution in [3.05, 3.63) is 75.6 Å². The van der Waals surface area contributed by atoms with Crippen molar-refractivity contribution in [3.63, 3.8) is 0 Å². The molecule has 0 amide bonds. The summed E-state index contributed by atoms with van der Waals surface area (Å²) in [7, 11) is 0. The van der Waals surface area contributed by atoms with Crippen LogP contribution in [0.3, 0.4) is 0 Å². The Kier molecular flexibility index (Phi) is 6.47. The van der Waals surface area contributed by atoms with Gasteiger partial charge >= 0.3 is 0 Å². The quantitative estimate of drug-likeness (QED) is 0.222. The molecule has 33 heavy (non-hydrogen) atoms. The first-order valence-corrected chi connectivity index (χ1v) is 13.6. The summed E-state index contributed by atoms with van der Waals surface area (Å²) < 4.78 is 1.94. The van der Waals surface area contributed by atoms with Crippen LogP contribution >= 0.6 is 11.8 Å². The molecule has 0 bridgehead atoms. The van der Waals surface area contributed by atoms with Crippen LogP contribution in [0.2, 0.25) is 0 Å². The van der Waals surface area contributed by atoms with Gasteiger partial charge in [-0.2, -0.15) is 0 Å². The molecule has 1 aromatic heterocycles. The van der Waals surface area contributed by atoms with E-state index in [1.165, 1.54) is 37.7 Å². The van der Waals surface area contributed by atoms with E-state index < -0.39 is 0 Å². The Balaban J connectivity index is 1.76. The summed E-state index contributed by atoms with van der Waals surface area (Å²) in [5, 5.41) is 0.840. The SMILES string of the molecule is CCCCCSc1nc2c(c(=O)n1-c1ccccc1C)C1(CCCCC1)Cc1ccccc1-2. The molecule has 3 nitrogen and oxygen atoms in total. The number of aromatic nitrogens is 2. The maximum atomic E-state index is 14.5. The minimum Gasteiger partial charge on any atom is -0.268 e. The van der Waals surface area contributed by atoms with E-state index in [0.717, 1.165) is 64.7 Å². The van der Waals surface area contributed by atoms with E-state index in [0.29, 0.717) is 0 Å². The third-order valence-electron chi connectivity index (χ3n) is 7.53. The first-order chi connectivity index (χ1) is 16.1. The van der Waals surface area contributed by atoms with Gasteiger partial charge in [0.05, 0.1) is 16.9 Å². The summed E-state index contributed by atoms with van der Waals surface area (Å²) in [6.45, 7) is 4.32. The number of aryl methyl sites for hydroxylation is 1. The molecule has 1 spiro atoms. The summed E-state index contributed by atoms with van der Waals surface area (Å²) in [5.74, 6) is 0.984. The number of unbranched alkanes of at least 4 members (excludes halogenated alkanes) is 2. The maximum absolute atomic E-state index is 14.5. The second kappa shape index (κ2) is 9.50. The lowest BCUT2D eigenvalue weighted by Gasteiger charge is -2.42. The van der Waals surface area contributed by atoms with Crippen LogP contribution in [0.25, 0.3) is 16.9 Å². The molecular formula is C29H34N2OS. The van der Waals surface area contributed by atoms with Crippen molar-refractivity contribution in [3.8, 4) is 16.9 Å². The van der Waals surface area contributed by atoms with Crippen molar-refractivity contribution in [1.82, 2.24) is 9.55 Å². The number of hydrogen-bond donors (Lipinski definition) is 0. The molecule has 0 radical (unpaired) electrons. The van der Waals surface area contributed by atoms with Crippen molar-refractivity contribution in [2.24, 2.45) is 0 Å². The zero-order chi connectivity index (χ0) is 22.8. The van der Waals surface area contributed by atoms with Gasteiger partial charge in [-0.05, 0) is 49.8 Å². The fraction of sp³-hybridized carbons (Fsp3) is 0.448. The Morgan fingerprint density at radius 1 is 1.00 bits per heavy atom. The van der Waals surface area contributed by atoms with Gasteiger partial charge in [0, 0.05) is 16.7 Å². The van der Waals surface area contributed by atoms with E-state index in [4.69, 9.17) is 4.98 Å². The molecule has 0 N–H and O–H groups in total. The second-order valence-electron chi connectivity index (χ2n) is 9.78. The van der Waals surface area contributed by atoms with E-state index in [2.05, 4.69) is 50.2 Å². The topological polar surface area (TPSA) is 34.9 Å². The number of rotatable bonds is 6. The van der Waals surface area contributed by atoms with Gasteiger partial charge in [0.15, 0.2) is 5.16 Å². The van der Waals surface area contributed by atoms with E-state index in [-0.39, 0.29) is 11.0 Å². The lowest BCUT2D eigenvalue weighted by Crippen LogP contribution is -2.43. The maximum Gasteiger partial charge on any atom is 0.263 e. The Morgan fingerprint density at radius 3 is 2.55 bits per heavy atom. The van der Waals surface area contributed by atoms with E-state index in [9.17, 15) is 4.79 Å². The number of benzene rings is 2. The zero-order valence-electron chi connectivity index (χ0n) is 19.9. The molecule has 2 aliphatic rings. The number of para-hydroxylation sites is 1. The summed E-state index contributed by atoms with van der Waals surface area (Å²) in [6, 6.07) is 16.9. The minimum atomic E-state index is -0.0815. The van der Waals surface area contributed by atoms with Crippen molar-refractivity contribution in [2.75, 3.05) is 5.75 Å². The molecule has 5 rings (SSSR count). The molecule has 0 atom stereocenters. The van der Waals surface area contributed by atoms with Crippen molar-refractivity contribution < 1.29 is 0 Å². The van der Waals surface area contributed by atoms with Crippen LogP contribution in [0.5, 0.6) is 0 Å². The summed E-state index contributed by atoms with van der Waals surface area (Å²) >= 11 is 1.74. The molecule has 0 aliphatic heterocycles. The number of hydrogen-bond acceptors (Lipinski definition) is 3. The van der Waals surface area contributed by atoms with Gasteiger partial charge in [-0.15, -0.1) is 0 Å². The molecule has 0 saturated heterocycles. The third-order valence-corrected chi connectivity index (χ3v) is 8.56. The molecular weight excluding hydrogens is 424 g/mol. The minimum absolute atomic E-state index is 0.0815. The highest BCUT2D eigenvalue weighted by Gasteiger charge is 2.43. The van der Waals surface area contributed by atoms with Gasteiger partial charge in [0.2, 0.25) is 0 Å². The van der Waals surface area contributed by atoms with Crippen LogP contribution in [0.15, 0.2) is 58.5 Å². The Hall–Kier alpha value is -2.33. The van der Waals surface area contributed by atoms with Crippen molar-refractivity contribution >= 4 is 11.8 Å². The van der Waals surface area contributed by atoms with Gasteiger partial charge in [-0.25, -0.2) is 4.98 Å². The smallest absolute Gasteiger partial charge is 0.263 e. The Labute approximate surface area is 201 Å². The second-order valence-corrected chi connectivity index (χ2v) is 10.8. The highest BCUT2D eigenvalue weighted by Crippen LogP contribution is 2.49. The fourth-order valence-electron chi connectivity index (χ4n) is 5.83. The summed E-state index contributed by atoms with van der Waals surface area (Å²) in [6.07, 6.45) is 10.3. The average Bonchev–Trinajstić information content (AvgIpc) is 2.83. The van der Waals surface area contributed by atoms with Crippen LogP contribution in [-0.4, -0.2) is 15.3 Å². The Bertz CT molecular complexity index is 1210. The average molecular weight is 459 g/mol. The Morgan fingerprint density at radius 2 is 1.76 bits per heavy atom. The first-order valence-electron chi connectivity index (χ1n) is 12.6. The molecule has 1 heterocycles. The lowest BCUT2D eigenvalue weighted by atomic mass is 9.62. The molecule has 2 aromatic carbocycles. The lowest BCUT2D eigenvalue weighted by molar-refractivity contribution is 0.283. The summed E-state index contributed by atoms with van der Waals surface area (Å²) in [4.78, 5) is 19.8. The third kappa shape index (κ3) is 4.07. The standard InChI is InChI=1S/C29H34N2OS/c1-3-4-12-19-33-28-30-26-23-15-8-7-14-22(23)20-29(17-10-5-11-18-29)25(26)27(32)31(28)24-16-9-6-13-21(24)2/h6-9,13-16H,3-5,10-12,17-20H2,1-2H3. The molecule has 172 valence electrons. The molecule has 2 aliphatic carbocycles. The van der Waals surface area contributed by atoms with Gasteiger partial charge in [-0.3, -0.25) is 9.36 Å². The van der Waals surface area contributed by atoms with Crippen LogP contribution in [-0.2, 0) is 11.8 Å². The predicted octanol–water partition coefficient (Wildman–Crippen LogP) is 7.25. The predicted molar refractivity (Wildman–Crippen MR) is 139 cm³/mol. The van der Waals surface area contributed by atoms with Gasteiger partial charge in [-0.1, -0.05) is 93.3 Å². The summed E-state index contributed by atoms with van der Waals surface area (Å²) in [5.41, 5.74) is 6.60. The molecule has 1 saturated carbocycles. The monoisotopic (exact) mass is 458 g/mol. The number of nitrogens with zero attached hydrogens (tertiary/aromatic N) is 2. The van der Waals surface area contributed by atoms with Gasteiger partial charge in [0.1, 0.15) is 0 Å². The van der Waals surface area contributed by atoms with E-state index in [1.807, 2.05) is 16.7 Å². The number of fused-ring (bicyclic) bond motifs is 4. The first kappa shape index (κ1) is 22.5. The molecule has 1 fully saturated rings. The van der Waals surface area contributed by atoms with Crippen LogP contribution in [0, 0.1) is 6.92 Å². The van der Waals surface area contributed by atoms with Gasteiger partial charge in [0.25, 0.3) is 5.56 Å². The number of thioether (sulfide) groups is 1.